The van der Waals surface area contributed by atoms with Crippen molar-refractivity contribution in [3.63, 3.8) is 0 Å². The lowest BCUT2D eigenvalue weighted by atomic mass is 10.1. The number of rotatable bonds is 7. The molecule has 16 heavy (non-hydrogen) atoms. The van der Waals surface area contributed by atoms with Gasteiger partial charge in [-0.1, -0.05) is 58.6 Å². The first kappa shape index (κ1) is 16.2. The van der Waals surface area contributed by atoms with E-state index in [0.29, 0.717) is 0 Å². The van der Waals surface area contributed by atoms with Crippen LogP contribution in [0.25, 0.3) is 0 Å². The second-order valence-electron chi connectivity index (χ2n) is 5.05. The maximum atomic E-state index is 5.47. The van der Waals surface area contributed by atoms with Gasteiger partial charge in [0.15, 0.2) is 0 Å². The zero-order chi connectivity index (χ0) is 12.6. The third-order valence-electron chi connectivity index (χ3n) is 2.48. The summed E-state index contributed by atoms with van der Waals surface area (Å²) in [5.74, 6) is 2.60. The highest BCUT2D eigenvalue weighted by Crippen LogP contribution is 2.13. The molecule has 3 heteroatoms. The second kappa shape index (κ2) is 9.29. The van der Waals surface area contributed by atoms with Crippen LogP contribution in [0.2, 0.25) is 0 Å². The molecule has 96 valence electrons. The summed E-state index contributed by atoms with van der Waals surface area (Å²) in [5.41, 5.74) is 0. The minimum absolute atomic E-state index is 0.760. The van der Waals surface area contributed by atoms with Crippen molar-refractivity contribution in [2.75, 3.05) is 18.8 Å². The predicted octanol–water partition coefficient (Wildman–Crippen LogP) is 4.42. The molecule has 0 radical (unpaired) electrons. The van der Waals surface area contributed by atoms with Gasteiger partial charge in [0.25, 0.3) is 0 Å². The summed E-state index contributed by atoms with van der Waals surface area (Å²) < 4.78 is 1.09. The van der Waals surface area contributed by atoms with Crippen molar-refractivity contribution in [3.8, 4) is 0 Å². The zero-order valence-corrected chi connectivity index (χ0v) is 13.1. The van der Waals surface area contributed by atoms with Gasteiger partial charge >= 0.3 is 0 Å². The Hall–Kier alpha value is 0.240. The van der Waals surface area contributed by atoms with Crippen LogP contribution in [0.3, 0.4) is 0 Å². The van der Waals surface area contributed by atoms with E-state index >= 15 is 0 Å². The van der Waals surface area contributed by atoms with E-state index in [0.717, 1.165) is 35.0 Å². The first-order chi connectivity index (χ1) is 7.47. The third-order valence-corrected chi connectivity index (χ3v) is 3.88. The number of hydrogen-bond donors (Lipinski definition) is 0. The largest absolute Gasteiger partial charge is 0.358 e. The van der Waals surface area contributed by atoms with Crippen molar-refractivity contribution in [2.24, 2.45) is 11.8 Å². The Kier molecular flexibility index (Phi) is 9.43. The molecule has 0 amide bonds. The average Bonchev–Trinajstić information content (AvgIpc) is 2.17. The fraction of sp³-hybridized carbons (Fsp3) is 0.923. The molecule has 0 atom stereocenters. The highest BCUT2D eigenvalue weighted by molar-refractivity contribution is 8.22. The number of hydrogen-bond acceptors (Lipinski definition) is 2. The Balaban J connectivity index is 4.09. The summed E-state index contributed by atoms with van der Waals surface area (Å²) >= 11 is 7.27. The first-order valence-electron chi connectivity index (χ1n) is 6.39. The van der Waals surface area contributed by atoms with Crippen LogP contribution in [-0.2, 0) is 0 Å². The van der Waals surface area contributed by atoms with Crippen molar-refractivity contribution >= 4 is 28.3 Å². The lowest BCUT2D eigenvalue weighted by Gasteiger charge is -2.26. The van der Waals surface area contributed by atoms with E-state index in [2.05, 4.69) is 39.5 Å². The van der Waals surface area contributed by atoms with Gasteiger partial charge in [-0.05, 0) is 30.4 Å². The molecule has 0 fully saturated rings. The van der Waals surface area contributed by atoms with Gasteiger partial charge in [-0.15, -0.1) is 0 Å². The van der Waals surface area contributed by atoms with E-state index in [4.69, 9.17) is 12.2 Å². The average molecular weight is 261 g/mol. The highest BCUT2D eigenvalue weighted by Gasteiger charge is 2.10. The molecule has 0 aromatic heterocycles. The molecule has 0 spiro atoms. The van der Waals surface area contributed by atoms with Gasteiger partial charge < -0.3 is 4.90 Å². The molecule has 0 bridgehead atoms. The summed E-state index contributed by atoms with van der Waals surface area (Å²) in [6, 6.07) is 0. The van der Waals surface area contributed by atoms with Gasteiger partial charge in [-0.3, -0.25) is 0 Å². The molecule has 0 aliphatic carbocycles. The summed E-state index contributed by atoms with van der Waals surface area (Å²) in [7, 11) is 0. The molecule has 1 nitrogen and oxygen atoms in total. The molecule has 0 N–H and O–H groups in total. The van der Waals surface area contributed by atoms with E-state index < -0.39 is 0 Å². The molecular weight excluding hydrogens is 234 g/mol. The van der Waals surface area contributed by atoms with Crippen LogP contribution in [-0.4, -0.2) is 28.1 Å². The van der Waals surface area contributed by atoms with E-state index in [9.17, 15) is 0 Å². The van der Waals surface area contributed by atoms with Crippen LogP contribution < -0.4 is 0 Å². The van der Waals surface area contributed by atoms with Crippen LogP contribution in [0, 0.1) is 11.8 Å². The van der Waals surface area contributed by atoms with E-state index in [1.165, 1.54) is 12.8 Å². The van der Waals surface area contributed by atoms with Gasteiger partial charge in [-0.25, -0.2) is 0 Å². The van der Waals surface area contributed by atoms with Gasteiger partial charge in [0.1, 0.15) is 4.32 Å². The SMILES string of the molecule is CCSC(=S)N(CCC(C)C)CCC(C)C. The molecule has 0 saturated carbocycles. The smallest absolute Gasteiger partial charge is 0.136 e. The highest BCUT2D eigenvalue weighted by atomic mass is 32.2. The second-order valence-corrected chi connectivity index (χ2v) is 6.95. The molecule has 0 aliphatic heterocycles. The fourth-order valence-corrected chi connectivity index (χ4v) is 2.49. The molecule has 0 unspecified atom stereocenters. The Morgan fingerprint density at radius 2 is 1.50 bits per heavy atom. The topological polar surface area (TPSA) is 3.24 Å². The molecule has 0 aliphatic rings. The molecule has 0 aromatic carbocycles. The Bertz CT molecular complexity index is 178. The van der Waals surface area contributed by atoms with Crippen LogP contribution in [0.5, 0.6) is 0 Å². The molecule has 0 heterocycles. The molecule has 0 rings (SSSR count). The van der Waals surface area contributed by atoms with E-state index in [-0.39, 0.29) is 0 Å². The third kappa shape index (κ3) is 8.40. The normalized spacial score (nSPS) is 11.2. The van der Waals surface area contributed by atoms with Crippen molar-refractivity contribution < 1.29 is 0 Å². The Morgan fingerprint density at radius 1 is 1.06 bits per heavy atom. The van der Waals surface area contributed by atoms with E-state index in [1.807, 2.05) is 0 Å². The Labute approximate surface area is 111 Å². The summed E-state index contributed by atoms with van der Waals surface area (Å²) in [5, 5.41) is 0. The molecular formula is C13H27NS2. The van der Waals surface area contributed by atoms with Crippen molar-refractivity contribution in [1.82, 2.24) is 4.90 Å². The van der Waals surface area contributed by atoms with Gasteiger partial charge in [-0.2, -0.15) is 0 Å². The molecule has 0 aromatic rings. The standard InChI is InChI=1S/C13H27NS2/c1-6-16-13(15)14(9-7-11(2)3)10-8-12(4)5/h11-12H,6-10H2,1-5H3. The molecule has 0 saturated heterocycles. The monoisotopic (exact) mass is 261 g/mol. The van der Waals surface area contributed by atoms with Crippen molar-refractivity contribution in [2.45, 2.75) is 47.5 Å². The van der Waals surface area contributed by atoms with Crippen LogP contribution in [0.4, 0.5) is 0 Å². The fourth-order valence-electron chi connectivity index (χ4n) is 1.34. The van der Waals surface area contributed by atoms with Crippen molar-refractivity contribution in [1.29, 1.82) is 0 Å². The van der Waals surface area contributed by atoms with Gasteiger partial charge in [0.2, 0.25) is 0 Å². The quantitative estimate of drug-likeness (QED) is 0.625. The number of nitrogens with zero attached hydrogens (tertiary/aromatic N) is 1. The summed E-state index contributed by atoms with van der Waals surface area (Å²) in [6.45, 7) is 13.5. The first-order valence-corrected chi connectivity index (χ1v) is 7.78. The lowest BCUT2D eigenvalue weighted by molar-refractivity contribution is 0.363. The van der Waals surface area contributed by atoms with Crippen molar-refractivity contribution in [3.05, 3.63) is 0 Å². The maximum Gasteiger partial charge on any atom is 0.136 e. The van der Waals surface area contributed by atoms with Gasteiger partial charge in [0, 0.05) is 13.1 Å². The number of thioether (sulfide) groups is 1. The maximum absolute atomic E-state index is 5.47. The summed E-state index contributed by atoms with van der Waals surface area (Å²) in [6.07, 6.45) is 2.48. The number of thiocarbonyl (C=S) groups is 1. The van der Waals surface area contributed by atoms with E-state index in [1.54, 1.807) is 11.8 Å². The summed E-state index contributed by atoms with van der Waals surface area (Å²) in [4.78, 5) is 2.39. The minimum Gasteiger partial charge on any atom is -0.358 e. The predicted molar refractivity (Wildman–Crippen MR) is 81.2 cm³/mol. The Morgan fingerprint density at radius 3 is 1.81 bits per heavy atom. The van der Waals surface area contributed by atoms with Gasteiger partial charge in [0.05, 0.1) is 0 Å². The minimum atomic E-state index is 0.760. The lowest BCUT2D eigenvalue weighted by Crippen LogP contribution is -2.31. The van der Waals surface area contributed by atoms with Crippen LogP contribution >= 0.6 is 24.0 Å². The zero-order valence-electron chi connectivity index (χ0n) is 11.5. The van der Waals surface area contributed by atoms with Crippen LogP contribution in [0.1, 0.15) is 47.5 Å². The van der Waals surface area contributed by atoms with Crippen LogP contribution in [0.15, 0.2) is 0 Å².